The number of benzene rings is 1. The lowest BCUT2D eigenvalue weighted by Gasteiger charge is -2.19. The highest BCUT2D eigenvalue weighted by atomic mass is 35.5. The van der Waals surface area contributed by atoms with Gasteiger partial charge in [-0.3, -0.25) is 9.55 Å². The first kappa shape index (κ1) is 16.4. The number of para-hydroxylation sites is 1. The summed E-state index contributed by atoms with van der Waals surface area (Å²) in [6.07, 6.45) is 6.04. The van der Waals surface area contributed by atoms with Crippen LogP contribution >= 0.6 is 23.4 Å². The van der Waals surface area contributed by atoms with E-state index in [0.717, 1.165) is 41.2 Å². The summed E-state index contributed by atoms with van der Waals surface area (Å²) >= 11 is 8.12. The fourth-order valence-corrected chi connectivity index (χ4v) is 4.05. The first-order chi connectivity index (χ1) is 12.3. The van der Waals surface area contributed by atoms with E-state index in [9.17, 15) is 0 Å². The molecule has 1 saturated heterocycles. The number of rotatable bonds is 5. The molecule has 0 radical (unpaired) electrons. The van der Waals surface area contributed by atoms with Gasteiger partial charge in [-0.15, -0.1) is 10.2 Å². The molecule has 1 aliphatic heterocycles. The summed E-state index contributed by atoms with van der Waals surface area (Å²) < 4.78 is 2.08. The third-order valence-electron chi connectivity index (χ3n) is 4.19. The molecule has 4 rings (SSSR count). The summed E-state index contributed by atoms with van der Waals surface area (Å²) in [5.41, 5.74) is 2.08. The minimum atomic E-state index is 0.700. The molecule has 2 aromatic heterocycles. The quantitative estimate of drug-likeness (QED) is 0.629. The van der Waals surface area contributed by atoms with Gasteiger partial charge >= 0.3 is 0 Å². The summed E-state index contributed by atoms with van der Waals surface area (Å²) in [6, 6.07) is 11.9. The molecule has 0 aliphatic carbocycles. The highest BCUT2D eigenvalue weighted by Gasteiger charge is 2.23. The Hall–Kier alpha value is -2.05. The molecule has 3 heterocycles. The van der Waals surface area contributed by atoms with Gasteiger partial charge in [-0.25, -0.2) is 0 Å². The van der Waals surface area contributed by atoms with Crippen LogP contribution in [0.2, 0.25) is 5.02 Å². The average Bonchev–Trinajstić information content (AvgIpc) is 3.31. The van der Waals surface area contributed by atoms with Crippen LogP contribution in [0.5, 0.6) is 0 Å². The number of hydrogen-bond donors (Lipinski definition) is 0. The maximum Gasteiger partial charge on any atom is 0.232 e. The van der Waals surface area contributed by atoms with Crippen molar-refractivity contribution >= 4 is 29.3 Å². The number of nitrogens with zero attached hydrogens (tertiary/aromatic N) is 5. The van der Waals surface area contributed by atoms with Gasteiger partial charge in [0.2, 0.25) is 5.95 Å². The van der Waals surface area contributed by atoms with Gasteiger partial charge in [-0.1, -0.05) is 41.6 Å². The standard InChI is InChI=1S/C18H18ClN5S/c19-15-7-1-2-8-16(15)24-17(23-10-3-4-11-23)21-22-18(24)25-13-14-6-5-9-20-12-14/h1-2,5-9,12H,3-4,10-11,13H2. The zero-order valence-electron chi connectivity index (χ0n) is 13.7. The van der Waals surface area contributed by atoms with Crippen LogP contribution in [0.4, 0.5) is 5.95 Å². The topological polar surface area (TPSA) is 46.8 Å². The second-order valence-corrected chi connectivity index (χ2v) is 7.26. The van der Waals surface area contributed by atoms with E-state index in [-0.39, 0.29) is 0 Å². The smallest absolute Gasteiger partial charge is 0.232 e. The third kappa shape index (κ3) is 3.50. The van der Waals surface area contributed by atoms with Crippen LogP contribution in [0.25, 0.3) is 5.69 Å². The molecule has 0 N–H and O–H groups in total. The summed E-state index contributed by atoms with van der Waals surface area (Å²) in [5, 5.41) is 10.5. The maximum atomic E-state index is 6.47. The summed E-state index contributed by atoms with van der Waals surface area (Å²) in [4.78, 5) is 6.46. The lowest BCUT2D eigenvalue weighted by atomic mass is 10.3. The van der Waals surface area contributed by atoms with Gasteiger partial charge < -0.3 is 4.90 Å². The van der Waals surface area contributed by atoms with Gasteiger partial charge in [0.1, 0.15) is 0 Å². The van der Waals surface area contributed by atoms with Crippen LogP contribution in [0.1, 0.15) is 18.4 Å². The molecule has 7 heteroatoms. The van der Waals surface area contributed by atoms with Crippen molar-refractivity contribution in [3.63, 3.8) is 0 Å². The van der Waals surface area contributed by atoms with Crippen molar-refractivity contribution in [2.45, 2.75) is 23.8 Å². The minimum Gasteiger partial charge on any atom is -0.341 e. The van der Waals surface area contributed by atoms with E-state index in [4.69, 9.17) is 11.6 Å². The molecule has 0 bridgehead atoms. The van der Waals surface area contributed by atoms with E-state index in [1.54, 1.807) is 18.0 Å². The molecule has 0 atom stereocenters. The molecule has 0 amide bonds. The van der Waals surface area contributed by atoms with Crippen LogP contribution in [0.3, 0.4) is 0 Å². The Labute approximate surface area is 156 Å². The second-order valence-electron chi connectivity index (χ2n) is 5.91. The molecule has 25 heavy (non-hydrogen) atoms. The molecule has 1 aliphatic rings. The van der Waals surface area contributed by atoms with E-state index < -0.39 is 0 Å². The van der Waals surface area contributed by atoms with E-state index in [1.807, 2.05) is 36.5 Å². The Morgan fingerprint density at radius 1 is 1.04 bits per heavy atom. The summed E-state index contributed by atoms with van der Waals surface area (Å²) in [5.74, 6) is 1.66. The van der Waals surface area contributed by atoms with Crippen molar-refractivity contribution in [1.29, 1.82) is 0 Å². The number of anilines is 1. The van der Waals surface area contributed by atoms with E-state index >= 15 is 0 Å². The fourth-order valence-electron chi connectivity index (χ4n) is 2.95. The van der Waals surface area contributed by atoms with E-state index in [1.165, 1.54) is 12.8 Å². The molecule has 0 saturated carbocycles. The third-order valence-corrected chi connectivity index (χ3v) is 5.51. The predicted octanol–water partition coefficient (Wildman–Crippen LogP) is 4.21. The minimum absolute atomic E-state index is 0.700. The SMILES string of the molecule is Clc1ccccc1-n1c(SCc2cccnc2)nnc1N1CCCC1. The van der Waals surface area contributed by atoms with Crippen LogP contribution in [0, 0.1) is 0 Å². The van der Waals surface area contributed by atoms with E-state index in [2.05, 4.69) is 30.7 Å². The molecule has 128 valence electrons. The molecule has 0 spiro atoms. The van der Waals surface area contributed by atoms with Crippen molar-refractivity contribution in [2.75, 3.05) is 18.0 Å². The number of pyridine rings is 1. The van der Waals surface area contributed by atoms with Gasteiger partial charge in [0.25, 0.3) is 0 Å². The Bertz CT molecular complexity index is 846. The lowest BCUT2D eigenvalue weighted by Crippen LogP contribution is -2.22. The highest BCUT2D eigenvalue weighted by molar-refractivity contribution is 7.98. The molecular formula is C18H18ClN5S. The largest absolute Gasteiger partial charge is 0.341 e. The van der Waals surface area contributed by atoms with Gasteiger partial charge in [-0.05, 0) is 36.6 Å². The van der Waals surface area contributed by atoms with Crippen LogP contribution < -0.4 is 4.90 Å². The Kier molecular flexibility index (Phi) is 4.90. The monoisotopic (exact) mass is 371 g/mol. The first-order valence-electron chi connectivity index (χ1n) is 8.30. The number of aromatic nitrogens is 4. The molecule has 0 unspecified atom stereocenters. The molecule has 1 aromatic carbocycles. The normalized spacial score (nSPS) is 14.2. The van der Waals surface area contributed by atoms with Crippen molar-refractivity contribution in [3.05, 3.63) is 59.4 Å². The maximum absolute atomic E-state index is 6.47. The summed E-state index contributed by atoms with van der Waals surface area (Å²) in [6.45, 7) is 2.02. The predicted molar refractivity (Wildman–Crippen MR) is 102 cm³/mol. The highest BCUT2D eigenvalue weighted by Crippen LogP contribution is 2.32. The number of thioether (sulfide) groups is 1. The van der Waals surface area contributed by atoms with Crippen LogP contribution in [-0.4, -0.2) is 32.8 Å². The van der Waals surface area contributed by atoms with Gasteiger partial charge in [0, 0.05) is 31.2 Å². The number of hydrogen-bond acceptors (Lipinski definition) is 5. The molecule has 5 nitrogen and oxygen atoms in total. The van der Waals surface area contributed by atoms with Crippen molar-refractivity contribution < 1.29 is 0 Å². The zero-order valence-corrected chi connectivity index (χ0v) is 15.2. The van der Waals surface area contributed by atoms with E-state index in [0.29, 0.717) is 5.02 Å². The van der Waals surface area contributed by atoms with Gasteiger partial charge in [0.15, 0.2) is 5.16 Å². The number of halogens is 1. The molecular weight excluding hydrogens is 354 g/mol. The van der Waals surface area contributed by atoms with Crippen molar-refractivity contribution in [1.82, 2.24) is 19.7 Å². The average molecular weight is 372 g/mol. The molecule has 3 aromatic rings. The first-order valence-corrected chi connectivity index (χ1v) is 9.66. The Morgan fingerprint density at radius 3 is 2.64 bits per heavy atom. The Morgan fingerprint density at radius 2 is 1.88 bits per heavy atom. The van der Waals surface area contributed by atoms with Crippen molar-refractivity contribution in [3.8, 4) is 5.69 Å². The second kappa shape index (κ2) is 7.45. The van der Waals surface area contributed by atoms with Crippen molar-refractivity contribution in [2.24, 2.45) is 0 Å². The fraction of sp³-hybridized carbons (Fsp3) is 0.278. The lowest BCUT2D eigenvalue weighted by molar-refractivity contribution is 0.841. The zero-order chi connectivity index (χ0) is 17.1. The van der Waals surface area contributed by atoms with Crippen LogP contribution in [0.15, 0.2) is 53.9 Å². The molecule has 1 fully saturated rings. The van der Waals surface area contributed by atoms with Crippen LogP contribution in [-0.2, 0) is 5.75 Å². The summed E-state index contributed by atoms with van der Waals surface area (Å²) in [7, 11) is 0. The van der Waals surface area contributed by atoms with Gasteiger partial charge in [-0.2, -0.15) is 0 Å². The Balaban J connectivity index is 1.70. The van der Waals surface area contributed by atoms with Gasteiger partial charge in [0.05, 0.1) is 10.7 Å².